The van der Waals surface area contributed by atoms with Crippen LogP contribution in [0.5, 0.6) is 0 Å². The highest BCUT2D eigenvalue weighted by Crippen LogP contribution is 2.44. The molecule has 0 bridgehead atoms. The van der Waals surface area contributed by atoms with Crippen molar-refractivity contribution in [3.8, 4) is 0 Å². The summed E-state index contributed by atoms with van der Waals surface area (Å²) in [7, 11) is 0. The van der Waals surface area contributed by atoms with Gasteiger partial charge in [0, 0.05) is 30.8 Å². The van der Waals surface area contributed by atoms with E-state index in [-0.39, 0.29) is 5.69 Å². The van der Waals surface area contributed by atoms with Crippen LogP contribution in [0.15, 0.2) is 114 Å². The van der Waals surface area contributed by atoms with E-state index in [1.54, 1.807) is 6.07 Å². The summed E-state index contributed by atoms with van der Waals surface area (Å²) >= 11 is 0. The molecule has 1 aliphatic rings. The van der Waals surface area contributed by atoms with E-state index in [4.69, 9.17) is 4.99 Å². The van der Waals surface area contributed by atoms with Gasteiger partial charge in [-0.25, -0.2) is 4.99 Å². The zero-order valence-electron chi connectivity index (χ0n) is 19.1. The summed E-state index contributed by atoms with van der Waals surface area (Å²) in [5, 5.41) is 23.0. The van der Waals surface area contributed by atoms with Crippen LogP contribution in [0.4, 0.5) is 11.4 Å². The fraction of sp³-hybridized carbons (Fsp3) is 0.138. The van der Waals surface area contributed by atoms with Crippen LogP contribution in [-0.2, 0) is 13.1 Å². The second-order valence-corrected chi connectivity index (χ2v) is 8.63. The number of hydrogen-bond acceptors (Lipinski definition) is 5. The van der Waals surface area contributed by atoms with Gasteiger partial charge in [0.05, 0.1) is 22.6 Å². The summed E-state index contributed by atoms with van der Waals surface area (Å²) in [5.41, 5.74) is 4.12. The molecule has 1 N–H and O–H groups in total. The van der Waals surface area contributed by atoms with Crippen molar-refractivity contribution in [2.45, 2.75) is 25.1 Å². The molecule has 1 aliphatic heterocycles. The highest BCUT2D eigenvalue weighted by molar-refractivity contribution is 5.94. The number of benzene rings is 4. The Morgan fingerprint density at radius 2 is 1.34 bits per heavy atom. The Morgan fingerprint density at radius 1 is 0.800 bits per heavy atom. The van der Waals surface area contributed by atoms with E-state index >= 15 is 0 Å². The molecule has 6 nitrogen and oxygen atoms in total. The fourth-order valence-electron chi connectivity index (χ4n) is 4.59. The van der Waals surface area contributed by atoms with Crippen molar-refractivity contribution in [2.75, 3.05) is 0 Å². The number of hydrogen-bond donors (Lipinski definition) is 1. The molecule has 0 radical (unpaired) electrons. The van der Waals surface area contributed by atoms with E-state index in [1.165, 1.54) is 12.1 Å². The highest BCUT2D eigenvalue weighted by Gasteiger charge is 2.37. The predicted octanol–water partition coefficient (Wildman–Crippen LogP) is 6.16. The number of amidine groups is 1. The van der Waals surface area contributed by atoms with E-state index in [0.29, 0.717) is 24.3 Å². The first-order valence-corrected chi connectivity index (χ1v) is 11.5. The molecule has 0 fully saturated rings. The Bertz CT molecular complexity index is 1300. The molecule has 4 aromatic rings. The Balaban J connectivity index is 1.65. The van der Waals surface area contributed by atoms with Crippen LogP contribution in [0.2, 0.25) is 0 Å². The summed E-state index contributed by atoms with van der Waals surface area (Å²) in [5.74, 6) is 0.260. The topological polar surface area (TPSA) is 79.0 Å². The lowest BCUT2D eigenvalue weighted by molar-refractivity contribution is -0.385. The molecule has 1 heterocycles. The predicted molar refractivity (Wildman–Crippen MR) is 136 cm³/mol. The van der Waals surface area contributed by atoms with Gasteiger partial charge in [-0.15, -0.1) is 0 Å². The van der Waals surface area contributed by atoms with Gasteiger partial charge in [-0.05, 0) is 22.8 Å². The van der Waals surface area contributed by atoms with Crippen molar-refractivity contribution >= 4 is 17.2 Å². The van der Waals surface area contributed by atoms with Gasteiger partial charge in [-0.2, -0.15) is 0 Å². The maximum absolute atomic E-state index is 11.6. The number of aliphatic hydroxyl groups excluding tert-OH is 1. The SMILES string of the molecule is O=[N+]([O-])c1ccc2c(c1)C(O)C(c1ccccc1)C(N(Cc1ccccc1)Cc1ccccc1)=N2. The third-order valence-corrected chi connectivity index (χ3v) is 6.28. The number of aliphatic imine (C=N–C) groups is 1. The number of non-ortho nitro benzene ring substituents is 1. The Kier molecular flexibility index (Phi) is 6.37. The lowest BCUT2D eigenvalue weighted by Crippen LogP contribution is -2.38. The quantitative estimate of drug-likeness (QED) is 0.274. The molecule has 4 aromatic carbocycles. The minimum atomic E-state index is -0.978. The maximum Gasteiger partial charge on any atom is 0.269 e. The molecule has 2 unspecified atom stereocenters. The molecule has 0 spiro atoms. The maximum atomic E-state index is 11.6. The van der Waals surface area contributed by atoms with Gasteiger partial charge in [0.1, 0.15) is 5.84 Å². The smallest absolute Gasteiger partial charge is 0.269 e. The zero-order valence-corrected chi connectivity index (χ0v) is 19.1. The number of rotatable bonds is 6. The van der Waals surface area contributed by atoms with Crippen molar-refractivity contribution in [2.24, 2.45) is 4.99 Å². The minimum Gasteiger partial charge on any atom is -0.387 e. The molecular weight excluding hydrogens is 438 g/mol. The average Bonchev–Trinajstić information content (AvgIpc) is 2.89. The summed E-state index contributed by atoms with van der Waals surface area (Å²) < 4.78 is 0. The first-order chi connectivity index (χ1) is 17.1. The van der Waals surface area contributed by atoms with Crippen molar-refractivity contribution in [1.82, 2.24) is 4.90 Å². The average molecular weight is 464 g/mol. The fourth-order valence-corrected chi connectivity index (χ4v) is 4.59. The molecule has 0 aromatic heterocycles. The van der Waals surface area contributed by atoms with Crippen molar-refractivity contribution in [3.05, 3.63) is 142 Å². The molecule has 0 saturated carbocycles. The summed E-state index contributed by atoms with van der Waals surface area (Å²) in [6, 6.07) is 34.6. The Hall–Kier alpha value is -4.29. The van der Waals surface area contributed by atoms with Crippen LogP contribution < -0.4 is 0 Å². The van der Waals surface area contributed by atoms with Crippen molar-refractivity contribution in [1.29, 1.82) is 0 Å². The number of nitro groups is 1. The van der Waals surface area contributed by atoms with E-state index in [2.05, 4.69) is 29.2 Å². The van der Waals surface area contributed by atoms with Gasteiger partial charge in [-0.3, -0.25) is 10.1 Å². The monoisotopic (exact) mass is 463 g/mol. The molecule has 174 valence electrons. The molecule has 6 heteroatoms. The molecule has 0 aliphatic carbocycles. The van der Waals surface area contributed by atoms with Crippen molar-refractivity contribution in [3.63, 3.8) is 0 Å². The Labute approximate surface area is 204 Å². The van der Waals surface area contributed by atoms with E-state index in [1.807, 2.05) is 66.7 Å². The Morgan fingerprint density at radius 3 is 1.89 bits per heavy atom. The van der Waals surface area contributed by atoms with Crippen LogP contribution in [0, 0.1) is 10.1 Å². The first-order valence-electron chi connectivity index (χ1n) is 11.5. The van der Waals surface area contributed by atoms with Gasteiger partial charge in [0.2, 0.25) is 0 Å². The van der Waals surface area contributed by atoms with Gasteiger partial charge in [-0.1, -0.05) is 91.0 Å². The molecule has 2 atom stereocenters. The molecule has 0 amide bonds. The highest BCUT2D eigenvalue weighted by atomic mass is 16.6. The van der Waals surface area contributed by atoms with Crippen LogP contribution in [-0.4, -0.2) is 20.8 Å². The number of aliphatic hydroxyl groups is 1. The third kappa shape index (κ3) is 4.83. The number of nitro benzene ring substituents is 1. The largest absolute Gasteiger partial charge is 0.387 e. The standard InChI is InChI=1S/C29H25N3O3/c33-28-25-18-24(32(34)35)16-17-26(25)30-29(27(28)23-14-8-3-9-15-23)31(19-21-10-4-1-5-11-21)20-22-12-6-2-7-13-22/h1-18,27-28,33H,19-20H2. The molecule has 35 heavy (non-hydrogen) atoms. The van der Waals surface area contributed by atoms with Gasteiger partial charge < -0.3 is 10.0 Å². The summed E-state index contributed by atoms with van der Waals surface area (Å²) in [6.45, 7) is 1.21. The molecule has 0 saturated heterocycles. The second-order valence-electron chi connectivity index (χ2n) is 8.63. The summed E-state index contributed by atoms with van der Waals surface area (Å²) in [4.78, 5) is 18.2. The molecule has 5 rings (SSSR count). The van der Waals surface area contributed by atoms with Gasteiger partial charge in [0.25, 0.3) is 5.69 Å². The van der Waals surface area contributed by atoms with Gasteiger partial charge >= 0.3 is 0 Å². The summed E-state index contributed by atoms with van der Waals surface area (Å²) in [6.07, 6.45) is -0.978. The number of nitrogens with zero attached hydrogens (tertiary/aromatic N) is 3. The normalized spacial score (nSPS) is 16.8. The second kappa shape index (κ2) is 9.91. The third-order valence-electron chi connectivity index (χ3n) is 6.28. The minimum absolute atomic E-state index is 0.0568. The van der Waals surface area contributed by atoms with E-state index in [9.17, 15) is 15.2 Å². The van der Waals surface area contributed by atoms with Crippen LogP contribution in [0.1, 0.15) is 34.3 Å². The van der Waals surface area contributed by atoms with Crippen molar-refractivity contribution < 1.29 is 10.0 Å². The van der Waals surface area contributed by atoms with E-state index in [0.717, 1.165) is 22.5 Å². The lowest BCUT2D eigenvalue weighted by Gasteiger charge is -2.37. The number of fused-ring (bicyclic) bond motifs is 1. The van der Waals surface area contributed by atoms with Crippen LogP contribution in [0.3, 0.4) is 0 Å². The zero-order chi connectivity index (χ0) is 24.2. The van der Waals surface area contributed by atoms with E-state index < -0.39 is 16.9 Å². The van der Waals surface area contributed by atoms with Gasteiger partial charge in [0.15, 0.2) is 0 Å². The van der Waals surface area contributed by atoms with Crippen LogP contribution >= 0.6 is 0 Å². The molecular formula is C29H25N3O3. The lowest BCUT2D eigenvalue weighted by atomic mass is 9.84. The first kappa shape index (κ1) is 22.5. The van der Waals surface area contributed by atoms with Crippen LogP contribution in [0.25, 0.3) is 0 Å².